The van der Waals surface area contributed by atoms with Gasteiger partial charge in [-0.25, -0.2) is 0 Å². The highest BCUT2D eigenvalue weighted by molar-refractivity contribution is 6.00. The predicted molar refractivity (Wildman–Crippen MR) is 96.2 cm³/mol. The van der Waals surface area contributed by atoms with E-state index in [4.69, 9.17) is 17.0 Å². The number of anilines is 1. The van der Waals surface area contributed by atoms with Crippen molar-refractivity contribution < 1.29 is 19.2 Å². The van der Waals surface area contributed by atoms with Crippen LogP contribution >= 0.6 is 0 Å². The number of ketones is 1. The van der Waals surface area contributed by atoms with E-state index in [-0.39, 0.29) is 30.4 Å². The summed E-state index contributed by atoms with van der Waals surface area (Å²) in [5.41, 5.74) is 6.73. The van der Waals surface area contributed by atoms with Crippen LogP contribution in [0.2, 0.25) is 0 Å². The molecular formula is C18H24N4O4. The fourth-order valence-corrected chi connectivity index (χ4v) is 3.37. The predicted octanol–water partition coefficient (Wildman–Crippen LogP) is 1.12. The number of benzene rings is 1. The van der Waals surface area contributed by atoms with Crippen LogP contribution in [-0.4, -0.2) is 30.0 Å². The molecule has 1 fully saturated rings. The summed E-state index contributed by atoms with van der Waals surface area (Å²) in [6, 6.07) is 6.86. The summed E-state index contributed by atoms with van der Waals surface area (Å²) in [6.07, 6.45) is 1.59. The molecule has 0 radical (unpaired) electrons. The summed E-state index contributed by atoms with van der Waals surface area (Å²) in [5.74, 6) is 2.93. The zero-order valence-corrected chi connectivity index (χ0v) is 14.7. The van der Waals surface area contributed by atoms with Gasteiger partial charge < -0.3 is 15.5 Å². The van der Waals surface area contributed by atoms with Gasteiger partial charge in [-0.3, -0.25) is 19.8 Å². The van der Waals surface area contributed by atoms with Gasteiger partial charge in [0.2, 0.25) is 5.91 Å². The fourth-order valence-electron chi connectivity index (χ4n) is 3.37. The van der Waals surface area contributed by atoms with Crippen LogP contribution in [0.1, 0.15) is 38.2 Å². The monoisotopic (exact) mass is 360 g/mol. The maximum absolute atomic E-state index is 13.0. The lowest BCUT2D eigenvalue weighted by molar-refractivity contribution is -0.145. The molecule has 2 rings (SSSR count). The number of carbonyl (C=O) groups is 3. The highest BCUT2D eigenvalue weighted by atomic mass is 16.7. The number of amidine groups is 1. The van der Waals surface area contributed by atoms with Gasteiger partial charge in [-0.05, 0) is 50.5 Å². The molecule has 5 N–H and O–H groups in total. The molecule has 0 aromatic heterocycles. The number of rotatable bonds is 7. The summed E-state index contributed by atoms with van der Waals surface area (Å²) < 4.78 is 0. The molecule has 2 atom stereocenters. The molecular weight excluding hydrogens is 336 g/mol. The Labute approximate surface area is 151 Å². The van der Waals surface area contributed by atoms with Gasteiger partial charge in [-0.2, -0.15) is 5.90 Å². The van der Waals surface area contributed by atoms with E-state index in [2.05, 4.69) is 4.84 Å². The normalized spacial score (nSPS) is 18.3. The van der Waals surface area contributed by atoms with Crippen molar-refractivity contribution in [1.82, 2.24) is 0 Å². The van der Waals surface area contributed by atoms with Crippen LogP contribution in [-0.2, 0) is 19.2 Å². The molecule has 1 aromatic carbocycles. The van der Waals surface area contributed by atoms with Gasteiger partial charge in [0.25, 0.3) is 0 Å². The lowest BCUT2D eigenvalue weighted by Crippen LogP contribution is -2.45. The third-order valence-corrected chi connectivity index (χ3v) is 4.77. The van der Waals surface area contributed by atoms with Crippen molar-refractivity contribution >= 4 is 29.2 Å². The second-order valence-electron chi connectivity index (χ2n) is 6.44. The number of nitrogens with two attached hydrogens (primary N) is 2. The minimum Gasteiger partial charge on any atom is -0.384 e. The van der Waals surface area contributed by atoms with Gasteiger partial charge in [-0.15, -0.1) is 0 Å². The van der Waals surface area contributed by atoms with Crippen LogP contribution < -0.4 is 16.5 Å². The van der Waals surface area contributed by atoms with E-state index >= 15 is 0 Å². The lowest BCUT2D eigenvalue weighted by Gasteiger charge is -2.35. The maximum atomic E-state index is 13.0. The molecule has 26 heavy (non-hydrogen) atoms. The topological polar surface area (TPSA) is 140 Å². The van der Waals surface area contributed by atoms with E-state index < -0.39 is 17.8 Å². The van der Waals surface area contributed by atoms with Gasteiger partial charge in [0, 0.05) is 36.1 Å². The molecule has 2 unspecified atom stereocenters. The summed E-state index contributed by atoms with van der Waals surface area (Å²) in [7, 11) is 0. The van der Waals surface area contributed by atoms with Crippen molar-refractivity contribution in [1.29, 1.82) is 5.41 Å². The van der Waals surface area contributed by atoms with Crippen molar-refractivity contribution in [3.8, 4) is 0 Å². The number of nitrogen functional groups attached to an aromatic ring is 1. The van der Waals surface area contributed by atoms with Crippen molar-refractivity contribution in [2.24, 2.45) is 23.5 Å². The van der Waals surface area contributed by atoms with Gasteiger partial charge in [0.15, 0.2) is 0 Å². The summed E-state index contributed by atoms with van der Waals surface area (Å²) in [4.78, 5) is 42.1. The molecule has 1 aliphatic rings. The summed E-state index contributed by atoms with van der Waals surface area (Å²) in [6.45, 7) is 2.00. The molecule has 1 saturated heterocycles. The Morgan fingerprint density at radius 2 is 2.00 bits per heavy atom. The Morgan fingerprint density at radius 1 is 1.35 bits per heavy atom. The first-order valence-corrected chi connectivity index (χ1v) is 8.51. The van der Waals surface area contributed by atoms with Gasteiger partial charge >= 0.3 is 5.97 Å². The molecule has 1 heterocycles. The summed E-state index contributed by atoms with van der Waals surface area (Å²) >= 11 is 0. The standard InChI is InChI=1S/C18H24N4O4/c1-11(23)14(8-9-16(24)26-21)15-3-2-10-22(18(15)25)13-6-4-12(5-7-13)17(19)20/h4-7,14-15H,2-3,8-10,21H2,1H3,(H3,19,20). The maximum Gasteiger partial charge on any atom is 0.324 e. The van der Waals surface area contributed by atoms with Crippen molar-refractivity contribution in [2.45, 2.75) is 32.6 Å². The third kappa shape index (κ3) is 4.45. The number of Topliss-reactive ketones (excluding diaryl/α,β-unsaturated/α-hetero) is 1. The van der Waals surface area contributed by atoms with Crippen LogP contribution in [0.5, 0.6) is 0 Å². The zero-order valence-electron chi connectivity index (χ0n) is 14.7. The SMILES string of the molecule is CC(=O)C(CCC(=O)ON)C1CCCN(c2ccc(C(=N)N)cc2)C1=O. The Balaban J connectivity index is 2.17. The second-order valence-corrected chi connectivity index (χ2v) is 6.44. The molecule has 0 spiro atoms. The molecule has 8 heteroatoms. The van der Waals surface area contributed by atoms with Crippen molar-refractivity contribution in [3.05, 3.63) is 29.8 Å². The lowest BCUT2D eigenvalue weighted by atomic mass is 9.79. The van der Waals surface area contributed by atoms with Crippen LogP contribution in [0.15, 0.2) is 24.3 Å². The number of piperidine rings is 1. The Hall–Kier alpha value is -2.74. The quantitative estimate of drug-likeness (QED) is 0.378. The first kappa shape index (κ1) is 19.6. The van der Waals surface area contributed by atoms with Crippen LogP contribution in [0.3, 0.4) is 0 Å². The molecule has 1 aromatic rings. The smallest absolute Gasteiger partial charge is 0.324 e. The Bertz CT molecular complexity index is 702. The molecule has 1 aliphatic heterocycles. The first-order valence-electron chi connectivity index (χ1n) is 8.51. The van der Waals surface area contributed by atoms with E-state index in [9.17, 15) is 14.4 Å². The van der Waals surface area contributed by atoms with E-state index in [0.29, 0.717) is 24.2 Å². The minimum atomic E-state index is -0.601. The average molecular weight is 360 g/mol. The highest BCUT2D eigenvalue weighted by Crippen LogP contribution is 2.32. The number of nitrogens with one attached hydrogen (secondary N) is 1. The first-order chi connectivity index (χ1) is 12.3. The largest absolute Gasteiger partial charge is 0.384 e. The zero-order chi connectivity index (χ0) is 19.3. The molecule has 8 nitrogen and oxygen atoms in total. The molecule has 0 bridgehead atoms. The molecule has 140 valence electrons. The fraction of sp³-hybridized carbons (Fsp3) is 0.444. The summed E-state index contributed by atoms with van der Waals surface area (Å²) in [5, 5.41) is 7.44. The number of amides is 1. The Kier molecular flexibility index (Phi) is 6.46. The van der Waals surface area contributed by atoms with Crippen molar-refractivity contribution in [3.63, 3.8) is 0 Å². The van der Waals surface area contributed by atoms with E-state index in [0.717, 1.165) is 6.42 Å². The number of nitrogens with zero attached hydrogens (tertiary/aromatic N) is 1. The van der Waals surface area contributed by atoms with E-state index in [1.165, 1.54) is 6.92 Å². The minimum absolute atomic E-state index is 0.00215. The van der Waals surface area contributed by atoms with Gasteiger partial charge in [0.1, 0.15) is 11.6 Å². The van der Waals surface area contributed by atoms with Gasteiger partial charge in [-0.1, -0.05) is 0 Å². The number of hydrogen-bond donors (Lipinski definition) is 3. The number of carbonyl (C=O) groups excluding carboxylic acids is 3. The third-order valence-electron chi connectivity index (χ3n) is 4.77. The van der Waals surface area contributed by atoms with E-state index in [1.807, 2.05) is 0 Å². The molecule has 0 saturated carbocycles. The molecule has 0 aliphatic carbocycles. The number of hydrogen-bond acceptors (Lipinski definition) is 6. The highest BCUT2D eigenvalue weighted by Gasteiger charge is 2.37. The van der Waals surface area contributed by atoms with Crippen LogP contribution in [0.4, 0.5) is 5.69 Å². The second kappa shape index (κ2) is 8.57. The molecule has 1 amide bonds. The van der Waals surface area contributed by atoms with Crippen molar-refractivity contribution in [2.75, 3.05) is 11.4 Å². The van der Waals surface area contributed by atoms with Crippen LogP contribution in [0.25, 0.3) is 0 Å². The average Bonchev–Trinajstić information content (AvgIpc) is 2.62. The van der Waals surface area contributed by atoms with Crippen LogP contribution in [0, 0.1) is 17.2 Å². The Morgan fingerprint density at radius 3 is 2.54 bits per heavy atom. The van der Waals surface area contributed by atoms with Gasteiger partial charge in [0.05, 0.1) is 0 Å². The van der Waals surface area contributed by atoms with E-state index in [1.54, 1.807) is 29.2 Å².